The van der Waals surface area contributed by atoms with Gasteiger partial charge in [0.2, 0.25) is 11.7 Å². The van der Waals surface area contributed by atoms with E-state index in [1.807, 2.05) is 12.1 Å². The standard InChI is InChI=1S/C36H55NO5/c1-9-11-13-15-19-41-30-23-26(24-31(34(30)40)42-20-16-14-12-10-2)17-18-32(38)37-25-27-21-28(35(3,4)5)33(39)29(22-27)36(6,7)8/h17-18,21-24,39-40H,9-16,19-20,25H2,1-8H3,(H,37,38). The second-order valence-corrected chi connectivity index (χ2v) is 13.3. The second kappa shape index (κ2) is 16.5. The lowest BCUT2D eigenvalue weighted by atomic mass is 9.78. The molecule has 2 aromatic rings. The molecule has 0 aliphatic carbocycles. The van der Waals surface area contributed by atoms with Gasteiger partial charge in [-0.2, -0.15) is 0 Å². The summed E-state index contributed by atoms with van der Waals surface area (Å²) in [5.74, 6) is 0.815. The van der Waals surface area contributed by atoms with Gasteiger partial charge in [0.1, 0.15) is 5.75 Å². The van der Waals surface area contributed by atoms with Crippen LogP contribution in [0.15, 0.2) is 30.3 Å². The number of hydrogen-bond acceptors (Lipinski definition) is 5. The quantitative estimate of drug-likeness (QED) is 0.136. The normalized spacial score (nSPS) is 12.1. The fourth-order valence-corrected chi connectivity index (χ4v) is 4.70. The summed E-state index contributed by atoms with van der Waals surface area (Å²) < 4.78 is 11.8. The van der Waals surface area contributed by atoms with E-state index in [9.17, 15) is 15.0 Å². The summed E-state index contributed by atoms with van der Waals surface area (Å²) in [6, 6.07) is 7.44. The zero-order chi connectivity index (χ0) is 31.3. The molecule has 2 rings (SSSR count). The smallest absolute Gasteiger partial charge is 0.244 e. The highest BCUT2D eigenvalue weighted by atomic mass is 16.5. The van der Waals surface area contributed by atoms with Crippen LogP contribution in [-0.4, -0.2) is 29.3 Å². The van der Waals surface area contributed by atoms with Crippen LogP contribution >= 0.6 is 0 Å². The number of carbonyl (C=O) groups is 1. The molecular weight excluding hydrogens is 526 g/mol. The van der Waals surface area contributed by atoms with Crippen molar-refractivity contribution in [3.63, 3.8) is 0 Å². The Hall–Kier alpha value is -3.15. The van der Waals surface area contributed by atoms with Gasteiger partial charge >= 0.3 is 0 Å². The molecule has 0 bridgehead atoms. The van der Waals surface area contributed by atoms with Gasteiger partial charge in [0.15, 0.2) is 11.5 Å². The molecule has 0 aliphatic heterocycles. The lowest BCUT2D eigenvalue weighted by Crippen LogP contribution is -2.22. The average molecular weight is 582 g/mol. The highest BCUT2D eigenvalue weighted by Crippen LogP contribution is 2.40. The van der Waals surface area contributed by atoms with E-state index in [1.165, 1.54) is 6.08 Å². The van der Waals surface area contributed by atoms with Crippen LogP contribution < -0.4 is 14.8 Å². The van der Waals surface area contributed by atoms with Gasteiger partial charge in [0.25, 0.3) is 0 Å². The molecule has 0 aromatic heterocycles. The summed E-state index contributed by atoms with van der Waals surface area (Å²) >= 11 is 0. The number of unbranched alkanes of at least 4 members (excludes halogenated alkanes) is 6. The van der Waals surface area contributed by atoms with E-state index < -0.39 is 0 Å². The number of benzene rings is 2. The molecule has 234 valence electrons. The number of aromatic hydroxyl groups is 2. The van der Waals surface area contributed by atoms with Crippen LogP contribution in [0.1, 0.15) is 129 Å². The minimum Gasteiger partial charge on any atom is -0.507 e. The molecule has 3 N–H and O–H groups in total. The van der Waals surface area contributed by atoms with Crippen LogP contribution in [0, 0.1) is 0 Å². The zero-order valence-electron chi connectivity index (χ0n) is 27.4. The maximum Gasteiger partial charge on any atom is 0.244 e. The average Bonchev–Trinajstić information content (AvgIpc) is 2.91. The zero-order valence-corrected chi connectivity index (χ0v) is 27.4. The van der Waals surface area contributed by atoms with Gasteiger partial charge in [-0.1, -0.05) is 93.9 Å². The van der Waals surface area contributed by atoms with E-state index in [2.05, 4.69) is 60.7 Å². The molecule has 6 nitrogen and oxygen atoms in total. The summed E-state index contributed by atoms with van der Waals surface area (Å²) in [5, 5.41) is 24.8. The van der Waals surface area contributed by atoms with Crippen molar-refractivity contribution in [2.45, 2.75) is 124 Å². The van der Waals surface area contributed by atoms with Crippen molar-refractivity contribution in [2.24, 2.45) is 0 Å². The molecule has 0 atom stereocenters. The molecular formula is C36H55NO5. The predicted molar refractivity (Wildman–Crippen MR) is 174 cm³/mol. The first-order valence-electron chi connectivity index (χ1n) is 15.7. The van der Waals surface area contributed by atoms with Gasteiger partial charge in [-0.05, 0) is 76.3 Å². The molecule has 0 saturated heterocycles. The van der Waals surface area contributed by atoms with Crippen molar-refractivity contribution in [1.82, 2.24) is 5.32 Å². The summed E-state index contributed by atoms with van der Waals surface area (Å²) in [7, 11) is 0. The third kappa shape index (κ3) is 11.3. The monoisotopic (exact) mass is 581 g/mol. The Morgan fingerprint density at radius 3 is 1.64 bits per heavy atom. The molecule has 0 heterocycles. The van der Waals surface area contributed by atoms with Crippen molar-refractivity contribution in [2.75, 3.05) is 13.2 Å². The van der Waals surface area contributed by atoms with E-state index in [1.54, 1.807) is 18.2 Å². The first kappa shape index (κ1) is 35.0. The Morgan fingerprint density at radius 1 is 0.738 bits per heavy atom. The van der Waals surface area contributed by atoms with Crippen molar-refractivity contribution in [1.29, 1.82) is 0 Å². The lowest BCUT2D eigenvalue weighted by Gasteiger charge is -2.28. The Kier molecular flexibility index (Phi) is 13.8. The maximum absolute atomic E-state index is 12.8. The van der Waals surface area contributed by atoms with E-state index in [-0.39, 0.29) is 22.5 Å². The Bertz CT molecular complexity index is 1100. The van der Waals surface area contributed by atoms with E-state index in [4.69, 9.17) is 9.47 Å². The van der Waals surface area contributed by atoms with Crippen LogP contribution in [0.5, 0.6) is 23.0 Å². The second-order valence-electron chi connectivity index (χ2n) is 13.3. The third-order valence-corrected chi connectivity index (χ3v) is 7.25. The van der Waals surface area contributed by atoms with Crippen LogP contribution in [-0.2, 0) is 22.2 Å². The predicted octanol–water partition coefficient (Wildman–Crippen LogP) is 8.94. The largest absolute Gasteiger partial charge is 0.507 e. The Morgan fingerprint density at radius 2 is 1.21 bits per heavy atom. The van der Waals surface area contributed by atoms with Gasteiger partial charge in [-0.25, -0.2) is 0 Å². The van der Waals surface area contributed by atoms with Crippen molar-refractivity contribution in [3.8, 4) is 23.0 Å². The summed E-state index contributed by atoms with van der Waals surface area (Å²) in [6.07, 6.45) is 11.8. The molecule has 0 spiro atoms. The van der Waals surface area contributed by atoms with Gasteiger partial charge < -0.3 is 25.0 Å². The van der Waals surface area contributed by atoms with E-state index in [0.29, 0.717) is 42.6 Å². The maximum atomic E-state index is 12.8. The van der Waals surface area contributed by atoms with Crippen molar-refractivity contribution < 1.29 is 24.5 Å². The highest BCUT2D eigenvalue weighted by Gasteiger charge is 2.26. The van der Waals surface area contributed by atoms with Crippen LogP contribution in [0.4, 0.5) is 0 Å². The summed E-state index contributed by atoms with van der Waals surface area (Å²) in [6.45, 7) is 18.1. The van der Waals surface area contributed by atoms with Crippen molar-refractivity contribution >= 4 is 12.0 Å². The number of phenols is 2. The molecule has 0 radical (unpaired) electrons. The fraction of sp³-hybridized carbons (Fsp3) is 0.583. The Balaban J connectivity index is 2.19. The van der Waals surface area contributed by atoms with Crippen molar-refractivity contribution in [3.05, 3.63) is 52.6 Å². The molecule has 0 fully saturated rings. The molecule has 1 amide bonds. The first-order valence-corrected chi connectivity index (χ1v) is 15.7. The highest BCUT2D eigenvalue weighted by molar-refractivity contribution is 5.91. The number of ether oxygens (including phenoxy) is 2. The Labute approximate surface area is 254 Å². The molecule has 42 heavy (non-hydrogen) atoms. The van der Waals surface area contributed by atoms with E-state index in [0.717, 1.165) is 68.1 Å². The molecule has 0 aliphatic rings. The van der Waals surface area contributed by atoms with Crippen LogP contribution in [0.3, 0.4) is 0 Å². The lowest BCUT2D eigenvalue weighted by molar-refractivity contribution is -0.116. The number of nitrogens with one attached hydrogen (secondary N) is 1. The first-order chi connectivity index (χ1) is 19.8. The van der Waals surface area contributed by atoms with Crippen LogP contribution in [0.2, 0.25) is 0 Å². The van der Waals surface area contributed by atoms with E-state index >= 15 is 0 Å². The third-order valence-electron chi connectivity index (χ3n) is 7.25. The number of phenolic OH excluding ortho intramolecular Hbond substituents is 2. The molecule has 6 heteroatoms. The van der Waals surface area contributed by atoms with Crippen LogP contribution in [0.25, 0.3) is 6.08 Å². The summed E-state index contributed by atoms with van der Waals surface area (Å²) in [4.78, 5) is 12.8. The van der Waals surface area contributed by atoms with Gasteiger partial charge in [0, 0.05) is 12.6 Å². The number of rotatable bonds is 16. The number of amides is 1. The van der Waals surface area contributed by atoms with Gasteiger partial charge in [0.05, 0.1) is 13.2 Å². The molecule has 0 unspecified atom stereocenters. The molecule has 0 saturated carbocycles. The minimum absolute atomic E-state index is 0.000722. The summed E-state index contributed by atoms with van der Waals surface area (Å²) in [5.41, 5.74) is 2.89. The fourth-order valence-electron chi connectivity index (χ4n) is 4.70. The van der Waals surface area contributed by atoms with Gasteiger partial charge in [-0.3, -0.25) is 4.79 Å². The minimum atomic E-state index is -0.242. The topological polar surface area (TPSA) is 88.0 Å². The SMILES string of the molecule is CCCCCCOc1cc(C=CC(=O)NCc2cc(C(C)(C)C)c(O)c(C(C)(C)C)c2)cc(OCCCCCC)c1O. The molecule has 2 aromatic carbocycles. The van der Waals surface area contributed by atoms with Gasteiger partial charge in [-0.15, -0.1) is 0 Å². The number of hydrogen-bond donors (Lipinski definition) is 3. The number of carbonyl (C=O) groups excluding carboxylic acids is 1.